The molecule has 1 aromatic carbocycles. The molecule has 0 fully saturated rings. The Hall–Kier alpha value is -1.55. The van der Waals surface area contributed by atoms with Crippen molar-refractivity contribution in [3.63, 3.8) is 0 Å². The number of benzene rings is 1. The van der Waals surface area contributed by atoms with Gasteiger partial charge in [-0.3, -0.25) is 0 Å². The Kier molecular flexibility index (Phi) is 3.33. The van der Waals surface area contributed by atoms with Gasteiger partial charge in [0, 0.05) is 11.1 Å². The third-order valence-electron chi connectivity index (χ3n) is 2.59. The monoisotopic (exact) mass is 247 g/mol. The summed E-state index contributed by atoms with van der Waals surface area (Å²) >= 11 is 1.67. The van der Waals surface area contributed by atoms with Gasteiger partial charge in [-0.05, 0) is 38.5 Å². The van der Waals surface area contributed by atoms with Crippen molar-refractivity contribution in [1.29, 1.82) is 0 Å². The van der Waals surface area contributed by atoms with Crippen LogP contribution in [0.1, 0.15) is 29.2 Å². The second kappa shape index (κ2) is 4.75. The normalized spacial score (nSPS) is 12.4. The summed E-state index contributed by atoms with van der Waals surface area (Å²) in [6.45, 7) is 6.14. The van der Waals surface area contributed by atoms with E-state index >= 15 is 0 Å². The van der Waals surface area contributed by atoms with E-state index in [0.717, 1.165) is 22.1 Å². The summed E-state index contributed by atoms with van der Waals surface area (Å²) < 4.78 is 0. The third kappa shape index (κ3) is 2.77. The lowest BCUT2D eigenvalue weighted by Crippen LogP contribution is -2.08. The first-order valence-electron chi connectivity index (χ1n) is 5.61. The highest BCUT2D eigenvalue weighted by molar-refractivity contribution is 7.09. The second-order valence-electron chi connectivity index (χ2n) is 4.28. The Balaban J connectivity index is 2.15. The fraction of sp³-hybridized carbons (Fsp3) is 0.308. The number of nitrogens with two attached hydrogens (primary N) is 1. The van der Waals surface area contributed by atoms with Crippen LogP contribution >= 0.6 is 11.3 Å². The number of aryl methyl sites for hydroxylation is 2. The molecule has 1 unspecified atom stereocenters. The number of nitrogen functional groups attached to an aromatic ring is 1. The fourth-order valence-electron chi connectivity index (χ4n) is 1.68. The summed E-state index contributed by atoms with van der Waals surface area (Å²) in [5.74, 6) is 0. The van der Waals surface area contributed by atoms with Gasteiger partial charge in [0.15, 0.2) is 0 Å². The number of nitrogens with zero attached hydrogens (tertiary/aromatic N) is 1. The van der Waals surface area contributed by atoms with Crippen LogP contribution in [0.25, 0.3) is 0 Å². The maximum atomic E-state index is 5.97. The minimum absolute atomic E-state index is 0.179. The lowest BCUT2D eigenvalue weighted by atomic mass is 10.2. The van der Waals surface area contributed by atoms with Gasteiger partial charge in [-0.1, -0.05) is 6.07 Å². The van der Waals surface area contributed by atoms with Gasteiger partial charge in [0.2, 0.25) is 0 Å². The molecule has 0 bridgehead atoms. The number of anilines is 2. The molecule has 0 spiro atoms. The summed E-state index contributed by atoms with van der Waals surface area (Å²) in [5, 5.41) is 6.54. The van der Waals surface area contributed by atoms with Gasteiger partial charge < -0.3 is 11.1 Å². The molecule has 3 nitrogen and oxygen atoms in total. The molecule has 0 aliphatic rings. The summed E-state index contributed by atoms with van der Waals surface area (Å²) in [5.41, 5.74) is 9.96. The Morgan fingerprint density at radius 1 is 1.35 bits per heavy atom. The Bertz CT molecular complexity index is 519. The highest BCUT2D eigenvalue weighted by Gasteiger charge is 2.10. The molecular formula is C13H17N3S. The van der Waals surface area contributed by atoms with Crippen LogP contribution in [0.2, 0.25) is 0 Å². The van der Waals surface area contributed by atoms with Crippen LogP contribution in [0.5, 0.6) is 0 Å². The molecule has 1 heterocycles. The van der Waals surface area contributed by atoms with Crippen LogP contribution in [0, 0.1) is 13.8 Å². The van der Waals surface area contributed by atoms with E-state index in [9.17, 15) is 0 Å². The minimum atomic E-state index is 0.179. The molecule has 2 aromatic rings. The minimum Gasteiger partial charge on any atom is -0.397 e. The highest BCUT2D eigenvalue weighted by Crippen LogP contribution is 2.26. The van der Waals surface area contributed by atoms with Gasteiger partial charge in [-0.2, -0.15) is 0 Å². The zero-order valence-corrected chi connectivity index (χ0v) is 11.1. The molecule has 0 saturated heterocycles. The van der Waals surface area contributed by atoms with E-state index in [4.69, 9.17) is 5.73 Å². The summed E-state index contributed by atoms with van der Waals surface area (Å²) in [6.07, 6.45) is 0. The first kappa shape index (κ1) is 11.9. The van der Waals surface area contributed by atoms with Crippen LogP contribution in [0.15, 0.2) is 23.6 Å². The van der Waals surface area contributed by atoms with E-state index in [2.05, 4.69) is 28.7 Å². The van der Waals surface area contributed by atoms with Crippen molar-refractivity contribution >= 4 is 22.7 Å². The predicted molar refractivity (Wildman–Crippen MR) is 74.5 cm³/mol. The van der Waals surface area contributed by atoms with Gasteiger partial charge >= 0.3 is 0 Å². The van der Waals surface area contributed by atoms with Gasteiger partial charge in [0.05, 0.1) is 17.4 Å². The van der Waals surface area contributed by atoms with E-state index in [0.29, 0.717) is 0 Å². The molecule has 3 N–H and O–H groups in total. The highest BCUT2D eigenvalue weighted by atomic mass is 32.1. The first-order chi connectivity index (χ1) is 8.06. The van der Waals surface area contributed by atoms with Crippen LogP contribution in [-0.4, -0.2) is 4.98 Å². The van der Waals surface area contributed by atoms with Crippen molar-refractivity contribution in [2.75, 3.05) is 11.1 Å². The lowest BCUT2D eigenvalue weighted by molar-refractivity contribution is 0.864. The molecule has 4 heteroatoms. The van der Waals surface area contributed by atoms with Crippen molar-refractivity contribution in [3.8, 4) is 0 Å². The SMILES string of the molecule is Cc1ccc(NC(C)c2nc(C)cs2)c(N)c1. The molecule has 1 atom stereocenters. The topological polar surface area (TPSA) is 50.9 Å². The number of nitrogens with one attached hydrogen (secondary N) is 1. The van der Waals surface area contributed by atoms with Crippen molar-refractivity contribution in [3.05, 3.63) is 39.8 Å². The third-order valence-corrected chi connectivity index (χ3v) is 3.73. The standard InChI is InChI=1S/C13H17N3S/c1-8-4-5-12(11(14)6-8)16-10(3)13-15-9(2)7-17-13/h4-7,10,16H,14H2,1-3H3. The molecule has 0 aliphatic carbocycles. The van der Waals surface area contributed by atoms with E-state index in [1.807, 2.05) is 26.0 Å². The maximum Gasteiger partial charge on any atom is 0.115 e. The van der Waals surface area contributed by atoms with Gasteiger partial charge in [0.25, 0.3) is 0 Å². The molecule has 1 aromatic heterocycles. The molecule has 2 rings (SSSR count). The maximum absolute atomic E-state index is 5.97. The van der Waals surface area contributed by atoms with Crippen LogP contribution in [-0.2, 0) is 0 Å². The first-order valence-corrected chi connectivity index (χ1v) is 6.49. The number of rotatable bonds is 3. The molecule has 0 aliphatic heterocycles. The molecule has 0 radical (unpaired) electrons. The average Bonchev–Trinajstić information content (AvgIpc) is 2.69. The lowest BCUT2D eigenvalue weighted by Gasteiger charge is -2.15. The van der Waals surface area contributed by atoms with Crippen molar-refractivity contribution < 1.29 is 0 Å². The van der Waals surface area contributed by atoms with Crippen LogP contribution < -0.4 is 11.1 Å². The van der Waals surface area contributed by atoms with Gasteiger partial charge in [-0.25, -0.2) is 4.98 Å². The van der Waals surface area contributed by atoms with Crippen LogP contribution in [0.3, 0.4) is 0 Å². The summed E-state index contributed by atoms with van der Waals surface area (Å²) in [4.78, 5) is 4.47. The van der Waals surface area contributed by atoms with Gasteiger partial charge in [-0.15, -0.1) is 11.3 Å². The van der Waals surface area contributed by atoms with Crippen molar-refractivity contribution in [2.45, 2.75) is 26.8 Å². The number of aromatic nitrogens is 1. The van der Waals surface area contributed by atoms with Crippen LogP contribution in [0.4, 0.5) is 11.4 Å². The Morgan fingerprint density at radius 2 is 2.12 bits per heavy atom. The predicted octanol–water partition coefficient (Wildman–Crippen LogP) is 3.52. The Morgan fingerprint density at radius 3 is 2.71 bits per heavy atom. The zero-order valence-electron chi connectivity index (χ0n) is 10.3. The van der Waals surface area contributed by atoms with E-state index in [-0.39, 0.29) is 6.04 Å². The molecular weight excluding hydrogens is 230 g/mol. The molecule has 17 heavy (non-hydrogen) atoms. The van der Waals surface area contributed by atoms with E-state index < -0.39 is 0 Å². The smallest absolute Gasteiger partial charge is 0.115 e. The second-order valence-corrected chi connectivity index (χ2v) is 5.17. The largest absolute Gasteiger partial charge is 0.397 e. The molecule has 90 valence electrons. The Labute approximate surface area is 106 Å². The molecule has 0 amide bonds. The van der Waals surface area contributed by atoms with E-state index in [1.165, 1.54) is 5.56 Å². The molecule has 0 saturated carbocycles. The quantitative estimate of drug-likeness (QED) is 0.816. The summed E-state index contributed by atoms with van der Waals surface area (Å²) in [7, 11) is 0. The average molecular weight is 247 g/mol. The summed E-state index contributed by atoms with van der Waals surface area (Å²) in [6, 6.07) is 6.22. The van der Waals surface area contributed by atoms with E-state index in [1.54, 1.807) is 11.3 Å². The van der Waals surface area contributed by atoms with Crippen molar-refractivity contribution in [2.24, 2.45) is 0 Å². The zero-order chi connectivity index (χ0) is 12.4. The van der Waals surface area contributed by atoms with Gasteiger partial charge in [0.1, 0.15) is 5.01 Å². The number of hydrogen-bond acceptors (Lipinski definition) is 4. The fourth-order valence-corrected chi connectivity index (χ4v) is 2.48. The van der Waals surface area contributed by atoms with Crippen molar-refractivity contribution in [1.82, 2.24) is 4.98 Å². The number of thiazole rings is 1. The number of hydrogen-bond donors (Lipinski definition) is 2.